The number of piperidine rings is 1. The molecule has 24 heavy (non-hydrogen) atoms. The van der Waals surface area contributed by atoms with Gasteiger partial charge >= 0.3 is 5.97 Å². The van der Waals surface area contributed by atoms with Crippen LogP contribution in [0.2, 0.25) is 0 Å². The van der Waals surface area contributed by atoms with Crippen LogP contribution >= 0.6 is 0 Å². The molecular weight excluding hydrogens is 306 g/mol. The van der Waals surface area contributed by atoms with Gasteiger partial charge in [0.2, 0.25) is 0 Å². The van der Waals surface area contributed by atoms with Crippen molar-refractivity contribution in [2.45, 2.75) is 26.3 Å². The number of carboxylic acid groups (broad SMARTS) is 1. The Balaban J connectivity index is 1.75. The molecule has 0 saturated carbocycles. The first-order chi connectivity index (χ1) is 11.6. The number of aliphatic carboxylic acids is 1. The predicted octanol–water partition coefficient (Wildman–Crippen LogP) is 2.18. The highest BCUT2D eigenvalue weighted by Crippen LogP contribution is 2.20. The topological polar surface area (TPSA) is 75.4 Å². The van der Waals surface area contributed by atoms with E-state index < -0.39 is 11.9 Å². The van der Waals surface area contributed by atoms with Crippen LogP contribution in [0.3, 0.4) is 0 Å². The van der Waals surface area contributed by atoms with E-state index in [1.54, 1.807) is 15.8 Å². The molecule has 0 spiro atoms. The molecule has 0 bridgehead atoms. The molecule has 1 saturated heterocycles. The highest BCUT2D eigenvalue weighted by molar-refractivity contribution is 5.95. The van der Waals surface area contributed by atoms with Crippen molar-refractivity contribution >= 4 is 11.9 Å². The molecule has 6 nitrogen and oxygen atoms in total. The lowest BCUT2D eigenvalue weighted by atomic mass is 9.98. The molecule has 1 amide bonds. The number of amides is 1. The Kier molecular flexibility index (Phi) is 4.64. The van der Waals surface area contributed by atoms with Crippen LogP contribution in [0, 0.1) is 12.8 Å². The van der Waals surface area contributed by atoms with Crippen LogP contribution in [0.1, 0.15) is 34.5 Å². The summed E-state index contributed by atoms with van der Waals surface area (Å²) < 4.78 is 1.81. The normalized spacial score (nSPS) is 17.7. The van der Waals surface area contributed by atoms with Crippen molar-refractivity contribution in [3.8, 4) is 0 Å². The molecule has 1 aliphatic heterocycles. The highest BCUT2D eigenvalue weighted by atomic mass is 16.4. The zero-order valence-electron chi connectivity index (χ0n) is 13.7. The smallest absolute Gasteiger partial charge is 0.308 e. The van der Waals surface area contributed by atoms with Crippen molar-refractivity contribution in [1.29, 1.82) is 0 Å². The first kappa shape index (κ1) is 16.2. The SMILES string of the molecule is Cc1c(C(=O)N2CCCC(C(=O)O)C2)cnn1Cc1ccccc1. The summed E-state index contributed by atoms with van der Waals surface area (Å²) in [6.07, 6.45) is 2.94. The molecule has 1 atom stereocenters. The van der Waals surface area contributed by atoms with Crippen LogP contribution < -0.4 is 0 Å². The van der Waals surface area contributed by atoms with Crippen molar-refractivity contribution in [1.82, 2.24) is 14.7 Å². The Bertz CT molecular complexity index is 739. The number of hydrogen-bond donors (Lipinski definition) is 1. The molecule has 0 aliphatic carbocycles. The molecule has 1 aromatic carbocycles. The summed E-state index contributed by atoms with van der Waals surface area (Å²) >= 11 is 0. The third-order valence-corrected chi connectivity index (χ3v) is 4.57. The van der Waals surface area contributed by atoms with Crippen LogP contribution in [0.5, 0.6) is 0 Å². The minimum atomic E-state index is -0.830. The number of likely N-dealkylation sites (tertiary alicyclic amines) is 1. The molecular formula is C18H21N3O3. The van der Waals surface area contributed by atoms with Crippen LogP contribution in [0.15, 0.2) is 36.5 Å². The maximum Gasteiger partial charge on any atom is 0.308 e. The van der Waals surface area contributed by atoms with Crippen LogP contribution in [-0.2, 0) is 11.3 Å². The van der Waals surface area contributed by atoms with Crippen LogP contribution in [0.25, 0.3) is 0 Å². The monoisotopic (exact) mass is 327 g/mol. The molecule has 0 radical (unpaired) electrons. The summed E-state index contributed by atoms with van der Waals surface area (Å²) in [4.78, 5) is 25.6. The number of benzene rings is 1. The zero-order chi connectivity index (χ0) is 17.1. The molecule has 6 heteroatoms. The standard InChI is InChI=1S/C18H21N3O3/c1-13-16(10-19-21(13)11-14-6-3-2-4-7-14)17(22)20-9-5-8-15(12-20)18(23)24/h2-4,6-7,10,15H,5,8-9,11-12H2,1H3,(H,23,24). The molecule has 2 aromatic rings. The number of nitrogens with zero attached hydrogens (tertiary/aromatic N) is 3. The van der Waals surface area contributed by atoms with Gasteiger partial charge in [0.15, 0.2) is 0 Å². The minimum Gasteiger partial charge on any atom is -0.481 e. The zero-order valence-corrected chi connectivity index (χ0v) is 13.7. The third-order valence-electron chi connectivity index (χ3n) is 4.57. The number of carboxylic acids is 1. The second-order valence-corrected chi connectivity index (χ2v) is 6.22. The second-order valence-electron chi connectivity index (χ2n) is 6.22. The predicted molar refractivity (Wildman–Crippen MR) is 88.8 cm³/mol. The molecule has 1 aliphatic rings. The van der Waals surface area contributed by atoms with Crippen LogP contribution in [0.4, 0.5) is 0 Å². The van der Waals surface area contributed by atoms with Gasteiger partial charge in [-0.1, -0.05) is 30.3 Å². The number of hydrogen-bond acceptors (Lipinski definition) is 3. The van der Waals surface area contributed by atoms with E-state index in [1.807, 2.05) is 37.3 Å². The first-order valence-corrected chi connectivity index (χ1v) is 8.14. The Morgan fingerprint density at radius 1 is 1.29 bits per heavy atom. The van der Waals surface area contributed by atoms with Gasteiger partial charge in [0.05, 0.1) is 24.2 Å². The molecule has 1 aromatic heterocycles. The maximum absolute atomic E-state index is 12.7. The van der Waals surface area contributed by atoms with Gasteiger partial charge in [-0.05, 0) is 25.3 Å². The Labute approximate surface area is 140 Å². The lowest BCUT2D eigenvalue weighted by Crippen LogP contribution is -2.42. The number of carbonyl (C=O) groups excluding carboxylic acids is 1. The van der Waals surface area contributed by atoms with Gasteiger partial charge in [0.1, 0.15) is 0 Å². The van der Waals surface area contributed by atoms with E-state index in [0.717, 1.165) is 17.7 Å². The summed E-state index contributed by atoms with van der Waals surface area (Å²) in [6.45, 7) is 3.36. The number of rotatable bonds is 4. The van der Waals surface area contributed by atoms with Gasteiger partial charge < -0.3 is 10.0 Å². The minimum absolute atomic E-state index is 0.127. The fraction of sp³-hybridized carbons (Fsp3) is 0.389. The van der Waals surface area contributed by atoms with Gasteiger partial charge in [0.25, 0.3) is 5.91 Å². The van der Waals surface area contributed by atoms with Crippen LogP contribution in [-0.4, -0.2) is 44.8 Å². The van der Waals surface area contributed by atoms with Crippen molar-refractivity contribution in [3.63, 3.8) is 0 Å². The van der Waals surface area contributed by atoms with Gasteiger partial charge in [-0.15, -0.1) is 0 Å². The average molecular weight is 327 g/mol. The van der Waals surface area contributed by atoms with Crippen molar-refractivity contribution in [2.24, 2.45) is 5.92 Å². The number of aromatic nitrogens is 2. The summed E-state index contributed by atoms with van der Waals surface area (Å²) in [7, 11) is 0. The maximum atomic E-state index is 12.7. The van der Waals surface area contributed by atoms with E-state index in [-0.39, 0.29) is 12.5 Å². The quantitative estimate of drug-likeness (QED) is 0.934. The largest absolute Gasteiger partial charge is 0.481 e. The Morgan fingerprint density at radius 2 is 2.04 bits per heavy atom. The van der Waals surface area contributed by atoms with Gasteiger partial charge in [-0.25, -0.2) is 0 Å². The van der Waals surface area contributed by atoms with Gasteiger partial charge in [0, 0.05) is 18.8 Å². The average Bonchev–Trinajstić information content (AvgIpc) is 2.96. The lowest BCUT2D eigenvalue weighted by molar-refractivity contribution is -0.143. The fourth-order valence-electron chi connectivity index (χ4n) is 3.11. The van der Waals surface area contributed by atoms with E-state index in [4.69, 9.17) is 0 Å². The van der Waals surface area contributed by atoms with E-state index in [1.165, 1.54) is 0 Å². The van der Waals surface area contributed by atoms with E-state index in [9.17, 15) is 14.7 Å². The number of carbonyl (C=O) groups is 2. The summed E-state index contributed by atoms with van der Waals surface area (Å²) in [6, 6.07) is 9.94. The summed E-state index contributed by atoms with van der Waals surface area (Å²) in [5.74, 6) is -1.43. The molecule has 3 rings (SSSR count). The first-order valence-electron chi connectivity index (χ1n) is 8.14. The van der Waals surface area contributed by atoms with Gasteiger partial charge in [-0.2, -0.15) is 5.10 Å². The molecule has 1 fully saturated rings. The van der Waals surface area contributed by atoms with Crippen molar-refractivity contribution in [2.75, 3.05) is 13.1 Å². The van der Waals surface area contributed by atoms with Crippen molar-refractivity contribution < 1.29 is 14.7 Å². The summed E-state index contributed by atoms with van der Waals surface area (Å²) in [5.41, 5.74) is 2.48. The molecule has 1 unspecified atom stereocenters. The molecule has 2 heterocycles. The Hall–Kier alpha value is -2.63. The van der Waals surface area contributed by atoms with Gasteiger partial charge in [-0.3, -0.25) is 14.3 Å². The fourth-order valence-corrected chi connectivity index (χ4v) is 3.11. The summed E-state index contributed by atoms with van der Waals surface area (Å²) in [5, 5.41) is 13.5. The van der Waals surface area contributed by atoms with E-state index in [0.29, 0.717) is 25.1 Å². The highest BCUT2D eigenvalue weighted by Gasteiger charge is 2.30. The molecule has 1 N–H and O–H groups in total. The molecule has 126 valence electrons. The van der Waals surface area contributed by atoms with E-state index in [2.05, 4.69) is 5.10 Å². The van der Waals surface area contributed by atoms with E-state index >= 15 is 0 Å². The Morgan fingerprint density at radius 3 is 2.75 bits per heavy atom. The lowest BCUT2D eigenvalue weighted by Gasteiger charge is -2.30. The van der Waals surface area contributed by atoms with Crippen molar-refractivity contribution in [3.05, 3.63) is 53.3 Å². The third kappa shape index (κ3) is 3.32. The second kappa shape index (κ2) is 6.86.